The summed E-state index contributed by atoms with van der Waals surface area (Å²) in [6, 6.07) is 21.1. The van der Waals surface area contributed by atoms with E-state index in [1.54, 1.807) is 24.2 Å². The lowest BCUT2D eigenvalue weighted by Gasteiger charge is -2.23. The molecule has 1 fully saturated rings. The van der Waals surface area contributed by atoms with E-state index in [1.165, 1.54) is 23.9 Å². The van der Waals surface area contributed by atoms with Crippen molar-refractivity contribution >= 4 is 29.4 Å². The summed E-state index contributed by atoms with van der Waals surface area (Å²) >= 11 is 1.37. The third-order valence-corrected chi connectivity index (χ3v) is 5.94. The topological polar surface area (TPSA) is 50.8 Å². The number of carbonyl (C=O) groups is 1. The van der Waals surface area contributed by atoms with Crippen molar-refractivity contribution in [2.45, 2.75) is 17.3 Å². The molecule has 3 aromatic rings. The number of ether oxygens (including phenoxy) is 2. The fraction of sp³-hybridized carbons (Fsp3) is 0.160. The molecule has 1 unspecified atom stereocenters. The maximum absolute atomic E-state index is 13.7. The Labute approximate surface area is 190 Å². The number of nitrogens with one attached hydrogen (secondary N) is 1. The van der Waals surface area contributed by atoms with Gasteiger partial charge in [0.1, 0.15) is 23.0 Å². The van der Waals surface area contributed by atoms with Crippen LogP contribution in [0.3, 0.4) is 0 Å². The van der Waals surface area contributed by atoms with Crippen LogP contribution in [0.5, 0.6) is 11.5 Å². The van der Waals surface area contributed by atoms with Gasteiger partial charge in [-0.3, -0.25) is 9.69 Å². The van der Waals surface area contributed by atoms with Crippen LogP contribution in [0.4, 0.5) is 10.1 Å². The van der Waals surface area contributed by atoms with E-state index in [1.807, 2.05) is 61.5 Å². The maximum Gasteiger partial charge on any atom is 0.276 e. The molecule has 0 bridgehead atoms. The second kappa shape index (κ2) is 9.78. The number of halogens is 1. The first-order valence-corrected chi connectivity index (χ1v) is 11.1. The molecule has 3 aromatic carbocycles. The minimum absolute atomic E-state index is 0.168. The van der Waals surface area contributed by atoms with Gasteiger partial charge in [-0.15, -0.1) is 0 Å². The molecule has 1 saturated heterocycles. The Morgan fingerprint density at radius 1 is 1.06 bits per heavy atom. The van der Waals surface area contributed by atoms with Crippen LogP contribution in [0.25, 0.3) is 6.08 Å². The van der Waals surface area contributed by atoms with Crippen LogP contribution in [0.15, 0.2) is 83.4 Å². The van der Waals surface area contributed by atoms with Crippen molar-refractivity contribution in [3.63, 3.8) is 0 Å². The van der Waals surface area contributed by atoms with E-state index in [4.69, 9.17) is 9.47 Å². The molecule has 0 radical (unpaired) electrons. The molecular formula is C25H23FN2O3S. The van der Waals surface area contributed by atoms with Gasteiger partial charge in [-0.1, -0.05) is 30.0 Å². The van der Waals surface area contributed by atoms with E-state index in [2.05, 4.69) is 5.32 Å². The van der Waals surface area contributed by atoms with Gasteiger partial charge in [-0.05, 0) is 73.2 Å². The number of nitrogens with zero attached hydrogens (tertiary/aromatic N) is 1. The molecule has 0 aromatic heterocycles. The predicted molar refractivity (Wildman–Crippen MR) is 125 cm³/mol. The van der Waals surface area contributed by atoms with Gasteiger partial charge in [-0.25, -0.2) is 4.39 Å². The monoisotopic (exact) mass is 450 g/mol. The molecule has 0 aliphatic carbocycles. The summed E-state index contributed by atoms with van der Waals surface area (Å²) in [5.41, 5.74) is 1.60. The first-order valence-electron chi connectivity index (χ1n) is 10.2. The van der Waals surface area contributed by atoms with E-state index >= 15 is 0 Å². The number of methoxy groups -OCH3 is 1. The highest BCUT2D eigenvalue weighted by atomic mass is 32.2. The molecule has 7 heteroatoms. The van der Waals surface area contributed by atoms with Crippen LogP contribution in [0, 0.1) is 5.82 Å². The number of thioether (sulfide) groups is 1. The number of hydrogen-bond acceptors (Lipinski definition) is 5. The van der Waals surface area contributed by atoms with Crippen molar-refractivity contribution in [3.05, 3.63) is 89.9 Å². The number of anilines is 1. The van der Waals surface area contributed by atoms with Crippen LogP contribution in [-0.4, -0.2) is 25.1 Å². The summed E-state index contributed by atoms with van der Waals surface area (Å²) < 4.78 is 24.4. The Balaban J connectivity index is 1.66. The average Bonchev–Trinajstić information content (AvgIpc) is 3.09. The zero-order chi connectivity index (χ0) is 22.5. The smallest absolute Gasteiger partial charge is 0.276 e. The highest BCUT2D eigenvalue weighted by Gasteiger charge is 2.36. The molecule has 1 aliphatic heterocycles. The molecule has 0 saturated carbocycles. The van der Waals surface area contributed by atoms with E-state index in [0.29, 0.717) is 12.3 Å². The molecule has 1 atom stereocenters. The first-order chi connectivity index (χ1) is 15.6. The molecular weight excluding hydrogens is 427 g/mol. The largest absolute Gasteiger partial charge is 0.497 e. The summed E-state index contributed by atoms with van der Waals surface area (Å²) in [4.78, 5) is 15.8. The second-order valence-corrected chi connectivity index (χ2v) is 8.16. The Bertz CT molecular complexity index is 1120. The zero-order valence-electron chi connectivity index (χ0n) is 17.7. The van der Waals surface area contributed by atoms with Crippen molar-refractivity contribution in [3.8, 4) is 11.5 Å². The first kappa shape index (κ1) is 21.8. The van der Waals surface area contributed by atoms with Gasteiger partial charge in [0, 0.05) is 10.6 Å². The van der Waals surface area contributed by atoms with Gasteiger partial charge in [0.2, 0.25) is 0 Å². The lowest BCUT2D eigenvalue weighted by atomic mass is 10.2. The van der Waals surface area contributed by atoms with Gasteiger partial charge in [0.25, 0.3) is 5.91 Å². The number of rotatable bonds is 7. The number of amides is 1. The molecule has 0 spiro atoms. The minimum atomic E-state index is -0.438. The molecule has 4 rings (SSSR count). The third kappa shape index (κ3) is 4.89. The third-order valence-electron chi connectivity index (χ3n) is 4.86. The van der Waals surface area contributed by atoms with Crippen molar-refractivity contribution in [2.24, 2.45) is 0 Å². The van der Waals surface area contributed by atoms with Crippen LogP contribution < -0.4 is 19.7 Å². The molecule has 1 heterocycles. The number of hydrogen-bond donors (Lipinski definition) is 1. The predicted octanol–water partition coefficient (Wildman–Crippen LogP) is 5.29. The van der Waals surface area contributed by atoms with E-state index in [-0.39, 0.29) is 11.7 Å². The van der Waals surface area contributed by atoms with Gasteiger partial charge in [0.05, 0.1) is 13.7 Å². The Morgan fingerprint density at radius 3 is 2.44 bits per heavy atom. The Hall–Kier alpha value is -3.45. The van der Waals surface area contributed by atoms with E-state index in [0.717, 1.165) is 27.6 Å². The molecule has 1 aliphatic rings. The van der Waals surface area contributed by atoms with Crippen molar-refractivity contribution in [1.29, 1.82) is 0 Å². The quantitative estimate of drug-likeness (QED) is 0.496. The van der Waals surface area contributed by atoms with Crippen LogP contribution in [0.1, 0.15) is 12.5 Å². The van der Waals surface area contributed by atoms with Gasteiger partial charge in [0.15, 0.2) is 5.50 Å². The average molecular weight is 451 g/mol. The van der Waals surface area contributed by atoms with Crippen LogP contribution in [0.2, 0.25) is 0 Å². The molecule has 1 N–H and O–H groups in total. The van der Waals surface area contributed by atoms with Crippen LogP contribution in [-0.2, 0) is 4.79 Å². The number of carbonyl (C=O) groups excluding carboxylic acids is 1. The summed E-state index contributed by atoms with van der Waals surface area (Å²) in [6.07, 6.45) is 1.80. The summed E-state index contributed by atoms with van der Waals surface area (Å²) in [5, 5.41) is 3.29. The molecule has 32 heavy (non-hydrogen) atoms. The zero-order valence-corrected chi connectivity index (χ0v) is 18.6. The second-order valence-electron chi connectivity index (χ2n) is 7.01. The van der Waals surface area contributed by atoms with E-state index < -0.39 is 5.50 Å². The standard InChI is InChI=1S/C25H23FN2O3S/c1-3-31-21-13-9-19(10-14-21)28-24(29)23(15-17-7-11-20(30-2)12-8-17)27-25(28)32-22-6-4-5-18(26)16-22/h4-16,25,27H,3H2,1-2H3/b23-15+. The van der Waals surface area contributed by atoms with E-state index in [9.17, 15) is 9.18 Å². The van der Waals surface area contributed by atoms with Gasteiger partial charge in [-0.2, -0.15) is 0 Å². The van der Waals surface area contributed by atoms with Crippen molar-refractivity contribution in [2.75, 3.05) is 18.6 Å². The van der Waals surface area contributed by atoms with Crippen molar-refractivity contribution < 1.29 is 18.7 Å². The summed E-state index contributed by atoms with van der Waals surface area (Å²) in [5.74, 6) is 0.993. The molecule has 5 nitrogen and oxygen atoms in total. The summed E-state index contributed by atoms with van der Waals surface area (Å²) in [6.45, 7) is 2.49. The highest BCUT2D eigenvalue weighted by Crippen LogP contribution is 2.35. The fourth-order valence-electron chi connectivity index (χ4n) is 3.34. The number of benzene rings is 3. The maximum atomic E-state index is 13.7. The lowest BCUT2D eigenvalue weighted by Crippen LogP contribution is -2.34. The normalized spacial score (nSPS) is 16.8. The SMILES string of the molecule is CCOc1ccc(N2C(=O)/C(=C\c3ccc(OC)cc3)NC2Sc2cccc(F)c2)cc1. The minimum Gasteiger partial charge on any atom is -0.497 e. The molecule has 1 amide bonds. The Kier molecular flexibility index (Phi) is 6.66. The lowest BCUT2D eigenvalue weighted by molar-refractivity contribution is -0.114. The van der Waals surface area contributed by atoms with Crippen LogP contribution >= 0.6 is 11.8 Å². The molecule has 164 valence electrons. The Morgan fingerprint density at radius 2 is 1.78 bits per heavy atom. The summed E-state index contributed by atoms with van der Waals surface area (Å²) in [7, 11) is 1.61. The fourth-order valence-corrected chi connectivity index (χ4v) is 4.44. The highest BCUT2D eigenvalue weighted by molar-refractivity contribution is 8.00. The van der Waals surface area contributed by atoms with Crippen molar-refractivity contribution in [1.82, 2.24) is 5.32 Å². The van der Waals surface area contributed by atoms with Gasteiger partial charge >= 0.3 is 0 Å². The van der Waals surface area contributed by atoms with Gasteiger partial charge < -0.3 is 14.8 Å².